The number of amides is 1. The average molecular weight is 523 g/mol. The molecule has 8 nitrogen and oxygen atoms in total. The molecule has 0 unspecified atom stereocenters. The molecule has 10 heteroatoms. The Morgan fingerprint density at radius 3 is 2.49 bits per heavy atom. The smallest absolute Gasteiger partial charge is 0.243 e. The molecule has 1 saturated heterocycles. The minimum Gasteiger partial charge on any atom is -0.381 e. The van der Waals surface area contributed by atoms with Crippen LogP contribution in [0.2, 0.25) is 5.02 Å². The summed E-state index contributed by atoms with van der Waals surface area (Å²) in [5, 5.41) is 3.93. The number of rotatable bonds is 9. The number of carbonyl (C=O) groups is 1. The second-order valence-corrected chi connectivity index (χ2v) is 12.1. The van der Waals surface area contributed by atoms with Crippen molar-refractivity contribution in [2.24, 2.45) is 5.92 Å². The maximum Gasteiger partial charge on any atom is 0.243 e. The number of halogens is 1. The molecule has 0 radical (unpaired) electrons. The molecular formula is C25H35ClN4O4S. The molecule has 35 heavy (non-hydrogen) atoms. The van der Waals surface area contributed by atoms with Crippen LogP contribution in [0.1, 0.15) is 46.1 Å². The zero-order chi connectivity index (χ0) is 25.8. The third-order valence-electron chi connectivity index (χ3n) is 6.06. The second kappa shape index (κ2) is 11.1. The standard InChI is InChI=1S/C25H35ClN4O4S/c1-17(2)16-30(20-10-12-34-13-11-20)22-8-6-18(25(3,4)24(31)29-35(5,32)33)14-21(22)28-23-9-7-19(26)15-27-23/h6-9,14-15,17,20H,10-13,16H2,1-5H3,(H,27,28)(H,29,31). The van der Waals surface area contributed by atoms with Crippen LogP contribution in [0.3, 0.4) is 0 Å². The van der Waals surface area contributed by atoms with Crippen LogP contribution < -0.4 is 14.9 Å². The van der Waals surface area contributed by atoms with Crippen molar-refractivity contribution in [3.8, 4) is 0 Å². The first-order chi connectivity index (χ1) is 16.4. The van der Waals surface area contributed by atoms with Crippen molar-refractivity contribution < 1.29 is 17.9 Å². The average Bonchev–Trinajstić information content (AvgIpc) is 2.78. The third kappa shape index (κ3) is 7.32. The largest absolute Gasteiger partial charge is 0.381 e. The zero-order valence-corrected chi connectivity index (χ0v) is 22.5. The SMILES string of the molecule is CC(C)CN(c1ccc(C(C)(C)C(=O)NS(C)(=O)=O)cc1Nc1ccc(Cl)cn1)C1CCOCC1. The molecule has 1 aliphatic heterocycles. The molecule has 192 valence electrons. The van der Waals surface area contributed by atoms with Crippen LogP contribution in [0.4, 0.5) is 17.2 Å². The Hall–Kier alpha value is -2.36. The number of nitrogens with zero attached hydrogens (tertiary/aromatic N) is 2. The quantitative estimate of drug-likeness (QED) is 0.501. The maximum atomic E-state index is 12.8. The molecule has 0 aliphatic carbocycles. The summed E-state index contributed by atoms with van der Waals surface area (Å²) in [5.41, 5.74) is 1.36. The van der Waals surface area contributed by atoms with Crippen LogP contribution in [0, 0.1) is 5.92 Å². The lowest BCUT2D eigenvalue weighted by molar-refractivity contribution is -0.123. The van der Waals surface area contributed by atoms with Crippen molar-refractivity contribution in [2.45, 2.75) is 52.0 Å². The number of anilines is 3. The van der Waals surface area contributed by atoms with Gasteiger partial charge in [-0.15, -0.1) is 0 Å². The van der Waals surface area contributed by atoms with Crippen molar-refractivity contribution in [2.75, 3.05) is 36.2 Å². The van der Waals surface area contributed by atoms with E-state index in [1.165, 1.54) is 0 Å². The molecular weight excluding hydrogens is 488 g/mol. The van der Waals surface area contributed by atoms with Gasteiger partial charge >= 0.3 is 0 Å². The van der Waals surface area contributed by atoms with Gasteiger partial charge in [0, 0.05) is 32.0 Å². The van der Waals surface area contributed by atoms with Crippen LogP contribution in [0.25, 0.3) is 0 Å². The monoisotopic (exact) mass is 522 g/mol. The molecule has 0 saturated carbocycles. The van der Waals surface area contributed by atoms with Gasteiger partial charge in [0.15, 0.2) is 0 Å². The molecule has 1 fully saturated rings. The highest BCUT2D eigenvalue weighted by Crippen LogP contribution is 2.37. The van der Waals surface area contributed by atoms with Gasteiger partial charge in [-0.3, -0.25) is 9.52 Å². The van der Waals surface area contributed by atoms with Crippen molar-refractivity contribution in [3.05, 3.63) is 47.1 Å². The molecule has 0 spiro atoms. The Kier molecular flexibility index (Phi) is 8.67. The van der Waals surface area contributed by atoms with E-state index in [1.54, 1.807) is 32.2 Å². The Balaban J connectivity index is 2.07. The summed E-state index contributed by atoms with van der Waals surface area (Å²) >= 11 is 6.02. The van der Waals surface area contributed by atoms with E-state index in [-0.39, 0.29) is 0 Å². The molecule has 3 rings (SSSR count). The van der Waals surface area contributed by atoms with Gasteiger partial charge < -0.3 is 15.0 Å². The van der Waals surface area contributed by atoms with Crippen LogP contribution in [-0.2, 0) is 25.0 Å². The van der Waals surface area contributed by atoms with Gasteiger partial charge in [0.05, 0.1) is 28.1 Å². The summed E-state index contributed by atoms with van der Waals surface area (Å²) in [6.07, 6.45) is 4.40. The number of nitrogens with one attached hydrogen (secondary N) is 2. The highest BCUT2D eigenvalue weighted by Gasteiger charge is 2.33. The first-order valence-electron chi connectivity index (χ1n) is 11.8. The summed E-state index contributed by atoms with van der Waals surface area (Å²) < 4.78 is 31.1. The number of carbonyl (C=O) groups excluding carboxylic acids is 1. The number of aromatic nitrogens is 1. The van der Waals surface area contributed by atoms with Gasteiger partial charge in [-0.05, 0) is 62.4 Å². The molecule has 2 aromatic rings. The molecule has 0 bridgehead atoms. The molecule has 1 aliphatic rings. The highest BCUT2D eigenvalue weighted by atomic mass is 35.5. The summed E-state index contributed by atoms with van der Waals surface area (Å²) in [6, 6.07) is 9.67. The van der Waals surface area contributed by atoms with Crippen molar-refractivity contribution in [1.29, 1.82) is 0 Å². The van der Waals surface area contributed by atoms with E-state index in [4.69, 9.17) is 16.3 Å². The second-order valence-electron chi connectivity index (χ2n) is 9.94. The lowest BCUT2D eigenvalue weighted by Gasteiger charge is -2.39. The molecule has 1 aromatic carbocycles. The predicted molar refractivity (Wildman–Crippen MR) is 141 cm³/mol. The van der Waals surface area contributed by atoms with Gasteiger partial charge in [0.1, 0.15) is 5.82 Å². The fourth-order valence-electron chi connectivity index (χ4n) is 4.12. The normalized spacial score (nSPS) is 15.2. The minimum atomic E-state index is -3.68. The third-order valence-corrected chi connectivity index (χ3v) is 6.84. The summed E-state index contributed by atoms with van der Waals surface area (Å²) in [6.45, 7) is 10.1. The highest BCUT2D eigenvalue weighted by molar-refractivity contribution is 7.89. The van der Waals surface area contributed by atoms with Gasteiger partial charge in [-0.25, -0.2) is 13.4 Å². The summed E-state index contributed by atoms with van der Waals surface area (Å²) in [5.74, 6) is 0.449. The molecule has 0 atom stereocenters. The van der Waals surface area contributed by atoms with Gasteiger partial charge in [0.2, 0.25) is 15.9 Å². The molecule has 2 N–H and O–H groups in total. The van der Waals surface area contributed by atoms with E-state index in [1.807, 2.05) is 18.2 Å². The summed E-state index contributed by atoms with van der Waals surface area (Å²) in [7, 11) is -3.68. The first kappa shape index (κ1) is 27.2. The summed E-state index contributed by atoms with van der Waals surface area (Å²) in [4.78, 5) is 19.6. The lowest BCUT2D eigenvalue weighted by atomic mass is 9.83. The van der Waals surface area contributed by atoms with E-state index in [0.717, 1.165) is 50.2 Å². The molecule has 1 amide bonds. The lowest BCUT2D eigenvalue weighted by Crippen LogP contribution is -2.43. The van der Waals surface area contributed by atoms with Crippen molar-refractivity contribution in [3.63, 3.8) is 0 Å². The van der Waals surface area contributed by atoms with Crippen LogP contribution >= 0.6 is 11.6 Å². The van der Waals surface area contributed by atoms with Gasteiger partial charge in [-0.1, -0.05) is 31.5 Å². The van der Waals surface area contributed by atoms with E-state index in [2.05, 4.69) is 33.8 Å². The van der Waals surface area contributed by atoms with E-state index < -0.39 is 21.3 Å². The van der Waals surface area contributed by atoms with E-state index >= 15 is 0 Å². The van der Waals surface area contributed by atoms with E-state index in [0.29, 0.717) is 28.4 Å². The van der Waals surface area contributed by atoms with Crippen LogP contribution in [0.5, 0.6) is 0 Å². The molecule has 1 aromatic heterocycles. The van der Waals surface area contributed by atoms with Gasteiger partial charge in [0.25, 0.3) is 0 Å². The number of hydrogen-bond donors (Lipinski definition) is 2. The Labute approximate surface area is 213 Å². The van der Waals surface area contributed by atoms with Crippen molar-refractivity contribution in [1.82, 2.24) is 9.71 Å². The van der Waals surface area contributed by atoms with E-state index in [9.17, 15) is 13.2 Å². The minimum absolute atomic E-state index is 0.317. The first-order valence-corrected chi connectivity index (χ1v) is 14.0. The number of pyridine rings is 1. The fraction of sp³-hybridized carbons (Fsp3) is 0.520. The number of benzene rings is 1. The Morgan fingerprint density at radius 2 is 1.91 bits per heavy atom. The number of ether oxygens (including phenoxy) is 1. The van der Waals surface area contributed by atoms with Crippen molar-refractivity contribution >= 4 is 44.7 Å². The number of sulfonamides is 1. The van der Waals surface area contributed by atoms with Gasteiger partial charge in [-0.2, -0.15) is 0 Å². The zero-order valence-electron chi connectivity index (χ0n) is 21.0. The molecule has 2 heterocycles. The topological polar surface area (TPSA) is 101 Å². The predicted octanol–water partition coefficient (Wildman–Crippen LogP) is 4.47. The van der Waals surface area contributed by atoms with Crippen LogP contribution in [0.15, 0.2) is 36.5 Å². The number of hydrogen-bond acceptors (Lipinski definition) is 7. The fourth-order valence-corrected chi connectivity index (χ4v) is 4.83. The maximum absolute atomic E-state index is 12.8. The van der Waals surface area contributed by atoms with Crippen LogP contribution in [-0.4, -0.2) is 51.4 Å². The Morgan fingerprint density at radius 1 is 1.23 bits per heavy atom. The Bertz CT molecular complexity index is 1130.